The Balaban J connectivity index is 1.95. The van der Waals surface area contributed by atoms with Crippen molar-refractivity contribution in [2.45, 2.75) is 38.4 Å². The van der Waals surface area contributed by atoms with Crippen molar-refractivity contribution in [2.75, 3.05) is 14.2 Å². The van der Waals surface area contributed by atoms with Gasteiger partial charge in [0, 0.05) is 30.7 Å². The second-order valence-corrected chi connectivity index (χ2v) is 8.16. The maximum absolute atomic E-state index is 13.5. The highest BCUT2D eigenvalue weighted by Crippen LogP contribution is 2.48. The lowest BCUT2D eigenvalue weighted by Crippen LogP contribution is -2.45. The fourth-order valence-electron chi connectivity index (χ4n) is 4.98. The predicted molar refractivity (Wildman–Crippen MR) is 118 cm³/mol. The van der Waals surface area contributed by atoms with Gasteiger partial charge in [-0.3, -0.25) is 19.5 Å². The molecule has 11 heteroatoms. The van der Waals surface area contributed by atoms with Crippen LogP contribution >= 0.6 is 0 Å². The van der Waals surface area contributed by atoms with Crippen molar-refractivity contribution in [3.8, 4) is 11.4 Å². The van der Waals surface area contributed by atoms with Gasteiger partial charge in [0.2, 0.25) is 0 Å². The third kappa shape index (κ3) is 2.77. The molecule has 2 aromatic heterocycles. The van der Waals surface area contributed by atoms with Crippen LogP contribution in [0.3, 0.4) is 0 Å². The van der Waals surface area contributed by atoms with E-state index in [4.69, 9.17) is 14.2 Å². The zero-order valence-electron chi connectivity index (χ0n) is 18.7. The first-order valence-corrected chi connectivity index (χ1v) is 10.6. The van der Waals surface area contributed by atoms with E-state index in [9.17, 15) is 24.8 Å². The molecular formula is C23H21N3O8. The Morgan fingerprint density at radius 3 is 2.62 bits per heavy atom. The van der Waals surface area contributed by atoms with Gasteiger partial charge in [-0.05, 0) is 12.5 Å². The van der Waals surface area contributed by atoms with Crippen LogP contribution in [0.2, 0.25) is 0 Å². The van der Waals surface area contributed by atoms with E-state index in [1.54, 1.807) is 12.1 Å². The molecule has 2 aliphatic rings. The molecular weight excluding hydrogens is 446 g/mol. The van der Waals surface area contributed by atoms with Gasteiger partial charge >= 0.3 is 11.7 Å². The molecule has 2 aliphatic heterocycles. The van der Waals surface area contributed by atoms with E-state index in [-0.39, 0.29) is 35.5 Å². The number of carbonyl (C=O) groups excluding carboxylic acids is 1. The van der Waals surface area contributed by atoms with Crippen molar-refractivity contribution in [2.24, 2.45) is 0 Å². The number of cyclic esters (lactones) is 1. The summed E-state index contributed by atoms with van der Waals surface area (Å²) >= 11 is 0. The number of esters is 1. The van der Waals surface area contributed by atoms with Gasteiger partial charge in [-0.15, -0.1) is 0 Å². The summed E-state index contributed by atoms with van der Waals surface area (Å²) < 4.78 is 17.3. The number of pyridine rings is 2. The summed E-state index contributed by atoms with van der Waals surface area (Å²) in [6.07, 6.45) is -1.03. The zero-order chi connectivity index (χ0) is 24.4. The highest BCUT2D eigenvalue weighted by molar-refractivity contribution is 5.92. The number of hydrogen-bond acceptors (Lipinski definition) is 9. The molecule has 0 saturated heterocycles. The molecule has 0 fully saturated rings. The molecule has 4 heterocycles. The number of nitro groups is 1. The Morgan fingerprint density at radius 2 is 1.97 bits per heavy atom. The summed E-state index contributed by atoms with van der Waals surface area (Å²) in [5.41, 5.74) is -2.10. The van der Waals surface area contributed by atoms with Crippen LogP contribution in [0.5, 0.6) is 0 Å². The SMILES string of the molecule is CC[C@@]1(O)C(=O)OCc2c1c([N+](=O)[O-])c1n(c2=O)Cc2c-1nc1ccccc1c2C(OC)OC. The summed E-state index contributed by atoms with van der Waals surface area (Å²) in [5, 5.41) is 24.3. The molecule has 0 unspecified atom stereocenters. The minimum Gasteiger partial charge on any atom is -0.458 e. The van der Waals surface area contributed by atoms with Gasteiger partial charge in [0.05, 0.1) is 28.1 Å². The number of aromatic nitrogens is 2. The summed E-state index contributed by atoms with van der Waals surface area (Å²) in [6.45, 7) is 1.00. The molecule has 0 saturated carbocycles. The molecule has 176 valence electrons. The summed E-state index contributed by atoms with van der Waals surface area (Å²) in [4.78, 5) is 42.4. The van der Waals surface area contributed by atoms with Gasteiger partial charge < -0.3 is 19.3 Å². The van der Waals surface area contributed by atoms with Crippen LogP contribution in [0.15, 0.2) is 29.1 Å². The van der Waals surface area contributed by atoms with Crippen LogP contribution in [0, 0.1) is 10.1 Å². The fraction of sp³-hybridized carbons (Fsp3) is 0.348. The van der Waals surface area contributed by atoms with Crippen LogP contribution < -0.4 is 5.56 Å². The van der Waals surface area contributed by atoms with Gasteiger partial charge in [-0.2, -0.15) is 0 Å². The van der Waals surface area contributed by atoms with E-state index in [1.807, 2.05) is 12.1 Å². The second-order valence-electron chi connectivity index (χ2n) is 8.16. The van der Waals surface area contributed by atoms with Crippen LogP contribution in [0.25, 0.3) is 22.3 Å². The highest BCUT2D eigenvalue weighted by Gasteiger charge is 2.52. The second kappa shape index (κ2) is 7.69. The smallest absolute Gasteiger partial charge is 0.343 e. The Hall–Kier alpha value is -3.67. The third-order valence-corrected chi connectivity index (χ3v) is 6.57. The highest BCUT2D eigenvalue weighted by atomic mass is 16.7. The van der Waals surface area contributed by atoms with Crippen LogP contribution in [-0.2, 0) is 37.8 Å². The fourth-order valence-corrected chi connectivity index (χ4v) is 4.98. The zero-order valence-corrected chi connectivity index (χ0v) is 18.7. The average molecular weight is 467 g/mol. The number of hydrogen-bond donors (Lipinski definition) is 1. The standard InChI is InChI=1S/C23H21N3O8/c1-4-23(29)16-13(10-34-22(23)28)20(27)25-9-12-15(21(32-2)33-3)11-7-5-6-8-14(11)24-17(12)19(25)18(16)26(30)31/h5-8,21,29H,4,9-10H2,1-3H3/t23-/m0/s1. The predicted octanol–water partition coefficient (Wildman–Crippen LogP) is 2.28. The van der Waals surface area contributed by atoms with Crippen molar-refractivity contribution >= 4 is 22.6 Å². The molecule has 0 aliphatic carbocycles. The molecule has 0 bridgehead atoms. The number of methoxy groups -OCH3 is 2. The van der Waals surface area contributed by atoms with Crippen LogP contribution in [0.1, 0.15) is 41.9 Å². The van der Waals surface area contributed by atoms with Gasteiger partial charge in [-0.25, -0.2) is 9.78 Å². The molecule has 0 spiro atoms. The lowest BCUT2D eigenvalue weighted by atomic mass is 9.84. The quantitative estimate of drug-likeness (QED) is 0.202. The minimum atomic E-state index is -2.32. The molecule has 1 atom stereocenters. The lowest BCUT2D eigenvalue weighted by molar-refractivity contribution is -0.386. The van der Waals surface area contributed by atoms with E-state index in [1.165, 1.54) is 25.7 Å². The minimum absolute atomic E-state index is 0.0213. The summed E-state index contributed by atoms with van der Waals surface area (Å²) in [7, 11) is 2.94. The normalized spacial score (nSPS) is 18.6. The molecule has 3 aromatic rings. The number of fused-ring (bicyclic) bond motifs is 5. The number of carbonyl (C=O) groups is 1. The Bertz CT molecular complexity index is 1440. The van der Waals surface area contributed by atoms with Gasteiger partial charge in [0.25, 0.3) is 5.56 Å². The third-order valence-electron chi connectivity index (χ3n) is 6.57. The van der Waals surface area contributed by atoms with E-state index in [0.29, 0.717) is 22.0 Å². The van der Waals surface area contributed by atoms with Crippen molar-refractivity contribution < 1.29 is 29.0 Å². The van der Waals surface area contributed by atoms with E-state index in [0.717, 1.165) is 0 Å². The molecule has 1 aromatic carbocycles. The van der Waals surface area contributed by atoms with Crippen molar-refractivity contribution in [3.63, 3.8) is 0 Å². The number of benzene rings is 1. The largest absolute Gasteiger partial charge is 0.458 e. The first kappa shape index (κ1) is 22.1. The Kier molecular flexibility index (Phi) is 5.01. The number of aliphatic hydroxyl groups is 1. The lowest BCUT2D eigenvalue weighted by Gasteiger charge is -2.31. The molecule has 5 rings (SSSR count). The topological polar surface area (TPSA) is 143 Å². The van der Waals surface area contributed by atoms with Crippen molar-refractivity contribution in [3.05, 3.63) is 67.0 Å². The Labute approximate surface area is 192 Å². The van der Waals surface area contributed by atoms with Gasteiger partial charge in [0.1, 0.15) is 18.0 Å². The number of rotatable bonds is 5. The van der Waals surface area contributed by atoms with Crippen LogP contribution in [0.4, 0.5) is 5.69 Å². The monoisotopic (exact) mass is 467 g/mol. The molecule has 11 nitrogen and oxygen atoms in total. The van der Waals surface area contributed by atoms with Gasteiger partial charge in [-0.1, -0.05) is 25.1 Å². The Morgan fingerprint density at radius 1 is 1.26 bits per heavy atom. The molecule has 34 heavy (non-hydrogen) atoms. The molecule has 0 amide bonds. The van der Waals surface area contributed by atoms with Crippen LogP contribution in [-0.4, -0.2) is 39.8 Å². The first-order valence-electron chi connectivity index (χ1n) is 10.6. The maximum Gasteiger partial charge on any atom is 0.343 e. The number of nitrogens with zero attached hydrogens (tertiary/aromatic N) is 3. The molecule has 1 N–H and O–H groups in total. The number of para-hydroxylation sites is 1. The van der Waals surface area contributed by atoms with E-state index in [2.05, 4.69) is 4.98 Å². The molecule has 0 radical (unpaired) electrons. The van der Waals surface area contributed by atoms with E-state index >= 15 is 0 Å². The van der Waals surface area contributed by atoms with Crippen molar-refractivity contribution in [1.82, 2.24) is 9.55 Å². The summed E-state index contributed by atoms with van der Waals surface area (Å²) in [5.74, 6) is -1.03. The van der Waals surface area contributed by atoms with Gasteiger partial charge in [0.15, 0.2) is 11.9 Å². The number of ether oxygens (including phenoxy) is 3. The van der Waals surface area contributed by atoms with E-state index < -0.39 is 40.6 Å². The van der Waals surface area contributed by atoms with Crippen molar-refractivity contribution in [1.29, 1.82) is 0 Å². The summed E-state index contributed by atoms with van der Waals surface area (Å²) in [6, 6.07) is 7.17. The first-order chi connectivity index (χ1) is 16.3. The maximum atomic E-state index is 13.5. The average Bonchev–Trinajstić information content (AvgIpc) is 3.21.